The number of fused-ring (bicyclic) bond motifs is 1. The molecule has 7 heteroatoms. The Labute approximate surface area is 181 Å². The lowest BCUT2D eigenvalue weighted by atomic mass is 9.97. The maximum atomic E-state index is 13.0. The molecular formula is C24H25N5O2. The number of para-hydroxylation sites is 1. The minimum Gasteiger partial charge on any atom is -0.496 e. The van der Waals surface area contributed by atoms with Crippen LogP contribution in [0.3, 0.4) is 0 Å². The van der Waals surface area contributed by atoms with E-state index in [4.69, 9.17) is 4.74 Å². The van der Waals surface area contributed by atoms with Gasteiger partial charge in [-0.05, 0) is 37.5 Å². The second-order valence-electron chi connectivity index (χ2n) is 7.39. The van der Waals surface area contributed by atoms with E-state index in [2.05, 4.69) is 20.4 Å². The van der Waals surface area contributed by atoms with Crippen LogP contribution in [0.25, 0.3) is 5.78 Å². The zero-order valence-corrected chi connectivity index (χ0v) is 17.9. The van der Waals surface area contributed by atoms with Gasteiger partial charge in [-0.15, -0.1) is 0 Å². The summed E-state index contributed by atoms with van der Waals surface area (Å²) in [7, 11) is 1.64. The van der Waals surface area contributed by atoms with E-state index in [0.29, 0.717) is 18.6 Å². The normalized spacial score (nSPS) is 12.0. The van der Waals surface area contributed by atoms with Crippen molar-refractivity contribution in [2.24, 2.45) is 0 Å². The van der Waals surface area contributed by atoms with Crippen molar-refractivity contribution in [2.75, 3.05) is 7.11 Å². The second-order valence-corrected chi connectivity index (χ2v) is 7.39. The number of nitrogens with one attached hydrogen (secondary N) is 1. The number of benzene rings is 2. The zero-order chi connectivity index (χ0) is 21.8. The number of aryl methyl sites for hydroxylation is 2. The molecule has 0 saturated heterocycles. The van der Waals surface area contributed by atoms with Crippen molar-refractivity contribution < 1.29 is 9.53 Å². The molecule has 0 spiro atoms. The van der Waals surface area contributed by atoms with Gasteiger partial charge < -0.3 is 10.1 Å². The Morgan fingerprint density at radius 1 is 1.10 bits per heavy atom. The summed E-state index contributed by atoms with van der Waals surface area (Å²) in [6, 6.07) is 17.4. The number of carbonyl (C=O) groups is 1. The molecule has 4 aromatic rings. The number of rotatable bonds is 7. The molecule has 1 N–H and O–H groups in total. The first-order valence-corrected chi connectivity index (χ1v) is 10.2. The molecule has 2 heterocycles. The van der Waals surface area contributed by atoms with E-state index in [1.807, 2.05) is 68.4 Å². The first kappa shape index (κ1) is 20.5. The molecule has 0 saturated carbocycles. The predicted octanol–water partition coefficient (Wildman–Crippen LogP) is 3.59. The van der Waals surface area contributed by atoms with E-state index >= 15 is 0 Å². The summed E-state index contributed by atoms with van der Waals surface area (Å²) in [4.78, 5) is 21.6. The summed E-state index contributed by atoms with van der Waals surface area (Å²) in [6.07, 6.45) is 2.39. The molecule has 2 aromatic heterocycles. The Kier molecular flexibility index (Phi) is 5.93. The highest BCUT2D eigenvalue weighted by molar-refractivity contribution is 5.77. The SMILES string of the molecule is COc1ccccc1C(NC(=O)CCc1c(C)nc2ncnn2c1C)c1ccccc1. The maximum absolute atomic E-state index is 13.0. The Bertz CT molecular complexity index is 1200. The fraction of sp³-hybridized carbons (Fsp3) is 0.250. The van der Waals surface area contributed by atoms with E-state index in [1.165, 1.54) is 6.33 Å². The van der Waals surface area contributed by atoms with E-state index in [-0.39, 0.29) is 11.9 Å². The van der Waals surface area contributed by atoms with Crippen molar-refractivity contribution >= 4 is 11.7 Å². The largest absolute Gasteiger partial charge is 0.496 e. The fourth-order valence-electron chi connectivity index (χ4n) is 3.88. The first-order chi connectivity index (χ1) is 15.1. The molecule has 2 aromatic carbocycles. The number of carbonyl (C=O) groups excluding carboxylic acids is 1. The molecular weight excluding hydrogens is 390 g/mol. The fourth-order valence-corrected chi connectivity index (χ4v) is 3.88. The monoisotopic (exact) mass is 415 g/mol. The van der Waals surface area contributed by atoms with Crippen molar-refractivity contribution in [1.82, 2.24) is 24.9 Å². The van der Waals surface area contributed by atoms with Crippen LogP contribution in [0.4, 0.5) is 0 Å². The molecule has 0 aliphatic carbocycles. The van der Waals surface area contributed by atoms with Crippen LogP contribution in [-0.2, 0) is 11.2 Å². The van der Waals surface area contributed by atoms with Crippen molar-refractivity contribution in [2.45, 2.75) is 32.7 Å². The van der Waals surface area contributed by atoms with Gasteiger partial charge in [0.25, 0.3) is 5.78 Å². The number of aromatic nitrogens is 4. The molecule has 0 aliphatic heterocycles. The average Bonchev–Trinajstić information content (AvgIpc) is 3.26. The van der Waals surface area contributed by atoms with Crippen LogP contribution in [0.15, 0.2) is 60.9 Å². The Morgan fingerprint density at radius 2 is 1.84 bits per heavy atom. The molecule has 31 heavy (non-hydrogen) atoms. The Balaban J connectivity index is 1.56. The third-order valence-electron chi connectivity index (χ3n) is 5.48. The molecule has 0 aliphatic rings. The van der Waals surface area contributed by atoms with Gasteiger partial charge in [0.15, 0.2) is 0 Å². The average molecular weight is 415 g/mol. The quantitative estimate of drug-likeness (QED) is 0.499. The molecule has 0 bridgehead atoms. The van der Waals surface area contributed by atoms with Crippen LogP contribution in [0.2, 0.25) is 0 Å². The van der Waals surface area contributed by atoms with Gasteiger partial charge in [-0.1, -0.05) is 48.5 Å². The maximum Gasteiger partial charge on any atom is 0.252 e. The van der Waals surface area contributed by atoms with E-state index in [0.717, 1.165) is 33.8 Å². The van der Waals surface area contributed by atoms with Gasteiger partial charge in [0.2, 0.25) is 5.91 Å². The van der Waals surface area contributed by atoms with E-state index in [9.17, 15) is 4.79 Å². The molecule has 1 amide bonds. The number of hydrogen-bond acceptors (Lipinski definition) is 5. The minimum absolute atomic E-state index is 0.0442. The van der Waals surface area contributed by atoms with Crippen LogP contribution in [0.5, 0.6) is 5.75 Å². The molecule has 4 rings (SSSR count). The number of methoxy groups -OCH3 is 1. The minimum atomic E-state index is -0.303. The lowest BCUT2D eigenvalue weighted by Crippen LogP contribution is -2.30. The molecule has 158 valence electrons. The highest BCUT2D eigenvalue weighted by Crippen LogP contribution is 2.30. The van der Waals surface area contributed by atoms with Crippen molar-refractivity contribution in [3.63, 3.8) is 0 Å². The zero-order valence-electron chi connectivity index (χ0n) is 17.9. The van der Waals surface area contributed by atoms with Crippen molar-refractivity contribution in [3.05, 3.63) is 89.0 Å². The lowest BCUT2D eigenvalue weighted by Gasteiger charge is -2.22. The summed E-state index contributed by atoms with van der Waals surface area (Å²) >= 11 is 0. The van der Waals surface area contributed by atoms with Gasteiger partial charge in [0.05, 0.1) is 13.2 Å². The summed E-state index contributed by atoms with van der Waals surface area (Å²) in [6.45, 7) is 3.92. The summed E-state index contributed by atoms with van der Waals surface area (Å²) in [5, 5.41) is 7.41. The number of hydrogen-bond donors (Lipinski definition) is 1. The van der Waals surface area contributed by atoms with Crippen LogP contribution in [0, 0.1) is 13.8 Å². The smallest absolute Gasteiger partial charge is 0.252 e. The molecule has 0 radical (unpaired) electrons. The van der Waals surface area contributed by atoms with E-state index < -0.39 is 0 Å². The van der Waals surface area contributed by atoms with Crippen LogP contribution >= 0.6 is 0 Å². The van der Waals surface area contributed by atoms with Gasteiger partial charge in [-0.3, -0.25) is 4.79 Å². The Morgan fingerprint density at radius 3 is 2.61 bits per heavy atom. The summed E-state index contributed by atoms with van der Waals surface area (Å²) < 4.78 is 7.26. The highest BCUT2D eigenvalue weighted by atomic mass is 16.5. The number of amides is 1. The third-order valence-corrected chi connectivity index (χ3v) is 5.48. The Hall–Kier alpha value is -3.74. The molecule has 1 atom stereocenters. The highest BCUT2D eigenvalue weighted by Gasteiger charge is 2.21. The van der Waals surface area contributed by atoms with E-state index in [1.54, 1.807) is 11.6 Å². The predicted molar refractivity (Wildman–Crippen MR) is 118 cm³/mol. The van der Waals surface area contributed by atoms with Crippen LogP contribution in [0.1, 0.15) is 40.5 Å². The van der Waals surface area contributed by atoms with Gasteiger partial charge >= 0.3 is 0 Å². The van der Waals surface area contributed by atoms with Crippen LogP contribution in [-0.4, -0.2) is 32.6 Å². The van der Waals surface area contributed by atoms with Crippen molar-refractivity contribution in [3.8, 4) is 5.75 Å². The molecule has 0 fully saturated rings. The van der Waals surface area contributed by atoms with Gasteiger partial charge in [-0.25, -0.2) is 9.50 Å². The number of nitrogens with zero attached hydrogens (tertiary/aromatic N) is 4. The number of ether oxygens (including phenoxy) is 1. The van der Waals surface area contributed by atoms with Gasteiger partial charge in [0, 0.05) is 23.4 Å². The standard InChI is InChI=1S/C24H25N5O2/c1-16-19(17(2)29-24(27-16)25-15-26-29)13-14-22(30)28-23(18-9-5-4-6-10-18)20-11-7-8-12-21(20)31-3/h4-12,15,23H,13-14H2,1-3H3,(H,28,30). The lowest BCUT2D eigenvalue weighted by molar-refractivity contribution is -0.121. The third kappa shape index (κ3) is 4.26. The molecule has 7 nitrogen and oxygen atoms in total. The first-order valence-electron chi connectivity index (χ1n) is 10.2. The van der Waals surface area contributed by atoms with Crippen LogP contribution < -0.4 is 10.1 Å². The van der Waals surface area contributed by atoms with Gasteiger partial charge in [0.1, 0.15) is 12.1 Å². The second kappa shape index (κ2) is 8.95. The topological polar surface area (TPSA) is 81.4 Å². The summed E-state index contributed by atoms with van der Waals surface area (Å²) in [5.41, 5.74) is 4.76. The van der Waals surface area contributed by atoms with Gasteiger partial charge in [-0.2, -0.15) is 10.1 Å². The molecule has 1 unspecified atom stereocenters. The van der Waals surface area contributed by atoms with Crippen molar-refractivity contribution in [1.29, 1.82) is 0 Å². The summed E-state index contributed by atoms with van der Waals surface area (Å²) in [5.74, 6) is 1.27.